The van der Waals surface area contributed by atoms with Crippen LogP contribution in [0.1, 0.15) is 284 Å². The summed E-state index contributed by atoms with van der Waals surface area (Å²) in [5.74, 6) is -0.806. The fourth-order valence-electron chi connectivity index (χ4n) is 8.80. The van der Waals surface area contributed by atoms with Crippen molar-refractivity contribution < 1.29 is 42.1 Å². The number of carbonyl (C=O) groups excluding carboxylic acids is 2. The molecule has 0 rings (SSSR count). The van der Waals surface area contributed by atoms with Crippen molar-refractivity contribution >= 4 is 19.8 Å². The van der Waals surface area contributed by atoms with Gasteiger partial charge in [0.1, 0.15) is 19.8 Å². The van der Waals surface area contributed by atoms with Gasteiger partial charge in [0, 0.05) is 12.8 Å². The topological polar surface area (TPSA) is 108 Å². The maximum atomic E-state index is 12.8. The molecule has 0 radical (unpaired) electrons. The number of hydrogen-bond donors (Lipinski definition) is 1. The van der Waals surface area contributed by atoms with Crippen LogP contribution in [0.15, 0.2) is 72.9 Å². The molecule has 1 N–H and O–H groups in total. The van der Waals surface area contributed by atoms with Crippen molar-refractivity contribution in [1.82, 2.24) is 0 Å². The third-order valence-electron chi connectivity index (χ3n) is 13.7. The van der Waals surface area contributed by atoms with E-state index in [-0.39, 0.29) is 32.0 Å². The van der Waals surface area contributed by atoms with Crippen molar-refractivity contribution in [3.05, 3.63) is 72.9 Å². The summed E-state index contributed by atoms with van der Waals surface area (Å²) in [6, 6.07) is 0. The normalized spacial score (nSPS) is 13.7. The van der Waals surface area contributed by atoms with Crippen molar-refractivity contribution in [2.24, 2.45) is 0 Å². The Labute approximate surface area is 469 Å². The van der Waals surface area contributed by atoms with Crippen LogP contribution >= 0.6 is 7.82 Å². The zero-order valence-corrected chi connectivity index (χ0v) is 51.1. The van der Waals surface area contributed by atoms with Gasteiger partial charge in [-0.25, -0.2) is 4.57 Å². The number of rotatable bonds is 58. The van der Waals surface area contributed by atoms with E-state index in [1.807, 2.05) is 21.1 Å². The third kappa shape index (κ3) is 60.7. The minimum absolute atomic E-state index is 0.0276. The first-order valence-electron chi connectivity index (χ1n) is 31.7. The van der Waals surface area contributed by atoms with Crippen LogP contribution in [0.3, 0.4) is 0 Å². The standard InChI is InChI=1S/C66H120NO8P/c1-6-8-10-12-14-16-18-20-22-24-26-28-29-30-31-32-33-34-35-36-37-39-41-43-45-47-49-51-53-55-57-59-66(69)75-64(63-74-76(70,71)73-61-60-67(3,4)5)62-72-65(68)58-56-54-52-50-48-46-44-42-40-38-27-25-23-21-19-17-15-13-11-9-7-2/h18-21,24-27,29-30,40,42,64H,6-17,22-23,28,31-39,41,43-63H2,1-5H3/p+1/b20-18-,21-19-,26-24-,27-25-,30-29-,42-40-. The van der Waals surface area contributed by atoms with Crippen LogP contribution in [0.5, 0.6) is 0 Å². The first kappa shape index (κ1) is 73.5. The maximum absolute atomic E-state index is 12.8. The molecule has 0 fully saturated rings. The molecule has 0 aliphatic rings. The number of phosphoric acid groups is 1. The maximum Gasteiger partial charge on any atom is 0.472 e. The third-order valence-corrected chi connectivity index (χ3v) is 14.7. The van der Waals surface area contributed by atoms with E-state index < -0.39 is 26.5 Å². The smallest absolute Gasteiger partial charge is 0.462 e. The fourth-order valence-corrected chi connectivity index (χ4v) is 9.54. The second-order valence-electron chi connectivity index (χ2n) is 22.4. The number of likely N-dealkylation sites (N-methyl/N-ethyl adjacent to an activating group) is 1. The largest absolute Gasteiger partial charge is 0.472 e. The molecule has 0 aliphatic carbocycles. The highest BCUT2D eigenvalue weighted by molar-refractivity contribution is 7.47. The first-order chi connectivity index (χ1) is 37.0. The minimum Gasteiger partial charge on any atom is -0.462 e. The predicted molar refractivity (Wildman–Crippen MR) is 326 cm³/mol. The van der Waals surface area contributed by atoms with Crippen LogP contribution in [0.2, 0.25) is 0 Å². The molecule has 0 saturated heterocycles. The number of esters is 2. The van der Waals surface area contributed by atoms with E-state index in [2.05, 4.69) is 86.8 Å². The Balaban J connectivity index is 4.11. The number of allylic oxidation sites excluding steroid dienone is 12. The van der Waals surface area contributed by atoms with E-state index in [1.165, 1.54) is 180 Å². The van der Waals surface area contributed by atoms with Gasteiger partial charge in [-0.15, -0.1) is 0 Å². The lowest BCUT2D eigenvalue weighted by Crippen LogP contribution is -2.37. The van der Waals surface area contributed by atoms with E-state index in [9.17, 15) is 19.0 Å². The molecule has 0 aromatic carbocycles. The minimum atomic E-state index is -4.39. The summed E-state index contributed by atoms with van der Waals surface area (Å²) in [6.45, 7) is 4.42. The van der Waals surface area contributed by atoms with Crippen LogP contribution in [0.4, 0.5) is 0 Å². The van der Waals surface area contributed by atoms with E-state index in [0.717, 1.165) is 70.6 Å². The van der Waals surface area contributed by atoms with E-state index in [4.69, 9.17) is 18.5 Å². The predicted octanol–water partition coefficient (Wildman–Crippen LogP) is 20.0. The SMILES string of the molecule is CCCCCCC/C=C\C/C=C\C/C=C\CCCCCCCCCCCCCCCCCCC(=O)OC(COC(=O)CCCCCCCC/C=C\C/C=C\C/C=C\CCCCCCC)COP(=O)(O)OCC[N+](C)(C)C. The molecule has 0 aromatic heterocycles. The summed E-state index contributed by atoms with van der Waals surface area (Å²) in [5.41, 5.74) is 0. The quantitative estimate of drug-likeness (QED) is 0.0211. The lowest BCUT2D eigenvalue weighted by Gasteiger charge is -2.24. The number of hydrogen-bond acceptors (Lipinski definition) is 7. The van der Waals surface area contributed by atoms with Gasteiger partial charge in [-0.3, -0.25) is 18.6 Å². The molecule has 0 spiro atoms. The summed E-state index contributed by atoms with van der Waals surface area (Å²) >= 11 is 0. The van der Waals surface area contributed by atoms with Crippen LogP contribution in [0, 0.1) is 0 Å². The highest BCUT2D eigenvalue weighted by Crippen LogP contribution is 2.43. The van der Waals surface area contributed by atoms with Gasteiger partial charge in [-0.05, 0) is 89.9 Å². The molecule has 442 valence electrons. The Hall–Kier alpha value is -2.55. The molecule has 0 heterocycles. The average molecular weight is 1090 g/mol. The number of nitrogens with zero attached hydrogens (tertiary/aromatic N) is 1. The van der Waals surface area contributed by atoms with E-state index in [1.54, 1.807) is 0 Å². The molecule has 9 nitrogen and oxygen atoms in total. The molecule has 2 atom stereocenters. The summed E-state index contributed by atoms with van der Waals surface area (Å²) in [4.78, 5) is 35.8. The van der Waals surface area contributed by atoms with E-state index in [0.29, 0.717) is 17.4 Å². The number of unbranched alkanes of at least 4 members (excludes halogenated alkanes) is 32. The highest BCUT2D eigenvalue weighted by Gasteiger charge is 2.27. The Kier molecular flexibility index (Phi) is 55.2. The number of ether oxygens (including phenoxy) is 2. The Morgan fingerprint density at radius 3 is 1.05 bits per heavy atom. The molecule has 0 saturated carbocycles. The van der Waals surface area contributed by atoms with Gasteiger partial charge in [-0.1, -0.05) is 254 Å². The second kappa shape index (κ2) is 57.1. The fraction of sp³-hybridized carbons (Fsp3) is 0.788. The Bertz CT molecular complexity index is 1510. The van der Waals surface area contributed by atoms with Gasteiger partial charge < -0.3 is 18.9 Å². The molecule has 10 heteroatoms. The molecule has 2 unspecified atom stereocenters. The zero-order valence-electron chi connectivity index (χ0n) is 50.2. The molecular weight excluding hydrogens is 966 g/mol. The van der Waals surface area contributed by atoms with E-state index >= 15 is 0 Å². The van der Waals surface area contributed by atoms with Crippen molar-refractivity contribution in [2.75, 3.05) is 47.5 Å². The van der Waals surface area contributed by atoms with Gasteiger partial charge >= 0.3 is 19.8 Å². The Morgan fingerprint density at radius 2 is 0.711 bits per heavy atom. The summed E-state index contributed by atoms with van der Waals surface area (Å²) in [7, 11) is 1.47. The van der Waals surface area contributed by atoms with Crippen LogP contribution < -0.4 is 0 Å². The van der Waals surface area contributed by atoms with Gasteiger partial charge in [0.15, 0.2) is 6.10 Å². The summed E-state index contributed by atoms with van der Waals surface area (Å²) < 4.78 is 34.6. The highest BCUT2D eigenvalue weighted by atomic mass is 31.2. The van der Waals surface area contributed by atoms with Crippen molar-refractivity contribution in [3.8, 4) is 0 Å². The van der Waals surface area contributed by atoms with Crippen molar-refractivity contribution in [1.29, 1.82) is 0 Å². The molecule has 0 amide bonds. The average Bonchev–Trinajstić information content (AvgIpc) is 3.38. The lowest BCUT2D eigenvalue weighted by atomic mass is 10.0. The molecule has 76 heavy (non-hydrogen) atoms. The molecular formula is C66H121NO8P+. The lowest BCUT2D eigenvalue weighted by molar-refractivity contribution is -0.870. The first-order valence-corrected chi connectivity index (χ1v) is 33.2. The van der Waals surface area contributed by atoms with Gasteiger partial charge in [0.05, 0.1) is 27.7 Å². The van der Waals surface area contributed by atoms with Crippen LogP contribution in [0.25, 0.3) is 0 Å². The van der Waals surface area contributed by atoms with Crippen LogP contribution in [-0.4, -0.2) is 74.9 Å². The number of carbonyl (C=O) groups is 2. The van der Waals surface area contributed by atoms with Gasteiger partial charge in [0.25, 0.3) is 0 Å². The second-order valence-corrected chi connectivity index (χ2v) is 23.9. The van der Waals surface area contributed by atoms with Crippen molar-refractivity contribution in [2.45, 2.75) is 290 Å². The van der Waals surface area contributed by atoms with Crippen LogP contribution in [-0.2, 0) is 32.7 Å². The monoisotopic (exact) mass is 1090 g/mol. The summed E-state index contributed by atoms with van der Waals surface area (Å²) in [5, 5.41) is 0. The van der Waals surface area contributed by atoms with Gasteiger partial charge in [-0.2, -0.15) is 0 Å². The molecule has 0 aliphatic heterocycles. The summed E-state index contributed by atoms with van der Waals surface area (Å²) in [6.07, 6.45) is 75.5. The molecule has 0 bridgehead atoms. The number of quaternary nitrogens is 1. The molecule has 0 aromatic rings. The van der Waals surface area contributed by atoms with Crippen molar-refractivity contribution in [3.63, 3.8) is 0 Å². The zero-order chi connectivity index (χ0) is 55.6. The Morgan fingerprint density at radius 1 is 0.408 bits per heavy atom. The van der Waals surface area contributed by atoms with Gasteiger partial charge in [0.2, 0.25) is 0 Å². The number of phosphoric ester groups is 1.